The van der Waals surface area contributed by atoms with Gasteiger partial charge in [0.2, 0.25) is 5.91 Å². The lowest BCUT2D eigenvalue weighted by Crippen LogP contribution is -2.28. The van der Waals surface area contributed by atoms with E-state index in [1.165, 1.54) is 41.4 Å². The van der Waals surface area contributed by atoms with Gasteiger partial charge in [0.15, 0.2) is 5.13 Å². The second-order valence-corrected chi connectivity index (χ2v) is 8.37. The van der Waals surface area contributed by atoms with E-state index in [4.69, 9.17) is 4.42 Å². The first-order valence-corrected chi connectivity index (χ1v) is 11.4. The van der Waals surface area contributed by atoms with E-state index in [-0.39, 0.29) is 24.0 Å². The lowest BCUT2D eigenvalue weighted by molar-refractivity contribution is -0.116. The van der Waals surface area contributed by atoms with Crippen LogP contribution in [0.2, 0.25) is 0 Å². The number of carbonyl (C=O) groups is 2. The van der Waals surface area contributed by atoms with E-state index in [0.29, 0.717) is 16.6 Å². The van der Waals surface area contributed by atoms with E-state index in [1.807, 2.05) is 37.3 Å². The number of amides is 2. The predicted octanol–water partition coefficient (Wildman–Crippen LogP) is 6.11. The average molecular weight is 476 g/mol. The van der Waals surface area contributed by atoms with Crippen molar-refractivity contribution in [2.75, 3.05) is 9.80 Å². The SMILES string of the molecule is CC(=O)N(c1nc(/C=C/C(=O)N(Cc2ccco2)c2ccc(C)cc2)cs1)c1ccccc1F. The molecule has 0 fully saturated rings. The van der Waals surface area contributed by atoms with Crippen molar-refractivity contribution in [2.45, 2.75) is 20.4 Å². The first kappa shape index (κ1) is 23.1. The molecule has 0 atom stereocenters. The Hall–Kier alpha value is -4.04. The van der Waals surface area contributed by atoms with Crippen LogP contribution in [0, 0.1) is 12.7 Å². The van der Waals surface area contributed by atoms with Crippen molar-refractivity contribution in [2.24, 2.45) is 0 Å². The van der Waals surface area contributed by atoms with Crippen molar-refractivity contribution in [3.8, 4) is 0 Å². The van der Waals surface area contributed by atoms with Crippen LogP contribution in [-0.4, -0.2) is 16.8 Å². The maximum absolute atomic E-state index is 14.3. The molecule has 8 heteroatoms. The summed E-state index contributed by atoms with van der Waals surface area (Å²) >= 11 is 1.19. The number of benzene rings is 2. The molecule has 172 valence electrons. The summed E-state index contributed by atoms with van der Waals surface area (Å²) in [6.07, 6.45) is 4.56. The summed E-state index contributed by atoms with van der Waals surface area (Å²) < 4.78 is 19.7. The number of thiazole rings is 1. The van der Waals surface area contributed by atoms with E-state index in [1.54, 1.807) is 40.8 Å². The van der Waals surface area contributed by atoms with Gasteiger partial charge in [-0.15, -0.1) is 11.3 Å². The van der Waals surface area contributed by atoms with Crippen molar-refractivity contribution in [3.63, 3.8) is 0 Å². The molecule has 0 radical (unpaired) electrons. The summed E-state index contributed by atoms with van der Waals surface area (Å²) in [5.74, 6) is -0.491. The van der Waals surface area contributed by atoms with Gasteiger partial charge < -0.3 is 9.32 Å². The lowest BCUT2D eigenvalue weighted by Gasteiger charge is -2.20. The fraction of sp³-hybridized carbons (Fsp3) is 0.115. The zero-order valence-corrected chi connectivity index (χ0v) is 19.5. The molecule has 0 aliphatic heterocycles. The number of aromatic nitrogens is 1. The number of rotatable bonds is 7. The quantitative estimate of drug-likeness (QED) is 0.302. The van der Waals surface area contributed by atoms with Crippen molar-refractivity contribution in [1.29, 1.82) is 0 Å². The minimum Gasteiger partial charge on any atom is -0.467 e. The molecule has 34 heavy (non-hydrogen) atoms. The van der Waals surface area contributed by atoms with Crippen LogP contribution in [0.3, 0.4) is 0 Å². The minimum absolute atomic E-state index is 0.125. The number of furan rings is 1. The minimum atomic E-state index is -0.521. The Morgan fingerprint density at radius 3 is 2.53 bits per heavy atom. The number of halogens is 1. The average Bonchev–Trinajstić information content (AvgIpc) is 3.50. The molecule has 0 aliphatic carbocycles. The maximum atomic E-state index is 14.3. The standard InChI is InChI=1S/C26H22FN3O3S/c1-18-9-12-21(13-10-18)29(16-22-6-5-15-33-22)25(32)14-11-20-17-34-26(28-20)30(19(2)31)24-8-4-3-7-23(24)27/h3-15,17H,16H2,1-2H3/b14-11+. The summed E-state index contributed by atoms with van der Waals surface area (Å²) in [6, 6.07) is 17.2. The monoisotopic (exact) mass is 475 g/mol. The highest BCUT2D eigenvalue weighted by Crippen LogP contribution is 2.31. The van der Waals surface area contributed by atoms with E-state index >= 15 is 0 Å². The van der Waals surface area contributed by atoms with Gasteiger partial charge in [-0.05, 0) is 49.4 Å². The summed E-state index contributed by atoms with van der Waals surface area (Å²) in [6.45, 7) is 3.60. The topological polar surface area (TPSA) is 66.7 Å². The van der Waals surface area contributed by atoms with Gasteiger partial charge in [0.25, 0.3) is 5.91 Å². The number of anilines is 3. The van der Waals surface area contributed by atoms with Gasteiger partial charge >= 0.3 is 0 Å². The molecule has 0 unspecified atom stereocenters. The van der Waals surface area contributed by atoms with E-state index < -0.39 is 5.82 Å². The normalized spacial score (nSPS) is 11.0. The van der Waals surface area contributed by atoms with Gasteiger partial charge in [-0.1, -0.05) is 29.8 Å². The molecule has 0 bridgehead atoms. The summed E-state index contributed by atoms with van der Waals surface area (Å²) in [4.78, 5) is 32.6. The van der Waals surface area contributed by atoms with Gasteiger partial charge in [0.1, 0.15) is 11.6 Å². The van der Waals surface area contributed by atoms with E-state index in [0.717, 1.165) is 11.3 Å². The summed E-state index contributed by atoms with van der Waals surface area (Å²) in [5, 5.41) is 2.02. The zero-order chi connectivity index (χ0) is 24.1. The van der Waals surface area contributed by atoms with Crippen molar-refractivity contribution in [1.82, 2.24) is 4.98 Å². The molecule has 2 aromatic heterocycles. The third kappa shape index (κ3) is 5.29. The molecular weight excluding hydrogens is 453 g/mol. The third-order valence-electron chi connectivity index (χ3n) is 5.01. The molecule has 0 saturated heterocycles. The zero-order valence-electron chi connectivity index (χ0n) is 18.6. The number of hydrogen-bond acceptors (Lipinski definition) is 5. The van der Waals surface area contributed by atoms with E-state index in [9.17, 15) is 14.0 Å². The Morgan fingerprint density at radius 1 is 1.09 bits per heavy atom. The molecule has 0 N–H and O–H groups in total. The fourth-order valence-electron chi connectivity index (χ4n) is 3.32. The molecule has 4 rings (SSSR count). The Kier molecular flexibility index (Phi) is 6.98. The molecule has 2 heterocycles. The predicted molar refractivity (Wildman–Crippen MR) is 131 cm³/mol. The molecule has 0 spiro atoms. The number of aryl methyl sites for hydroxylation is 1. The Morgan fingerprint density at radius 2 is 1.85 bits per heavy atom. The van der Waals surface area contributed by atoms with Crippen LogP contribution >= 0.6 is 11.3 Å². The number of para-hydroxylation sites is 1. The summed E-state index contributed by atoms with van der Waals surface area (Å²) in [5.41, 5.74) is 2.43. The Bertz CT molecular complexity index is 1310. The Labute approximate surface area is 200 Å². The second kappa shape index (κ2) is 10.3. The van der Waals surface area contributed by atoms with Crippen LogP contribution in [0.1, 0.15) is 23.9 Å². The van der Waals surface area contributed by atoms with Crippen molar-refractivity contribution in [3.05, 3.63) is 101 Å². The molecule has 6 nitrogen and oxygen atoms in total. The maximum Gasteiger partial charge on any atom is 0.251 e. The number of nitrogens with zero attached hydrogens (tertiary/aromatic N) is 3. The molecule has 4 aromatic rings. The van der Waals surface area contributed by atoms with Gasteiger partial charge in [0.05, 0.1) is 24.2 Å². The molecule has 2 amide bonds. The van der Waals surface area contributed by atoms with Crippen LogP contribution in [0.25, 0.3) is 6.08 Å². The molecular formula is C26H22FN3O3S. The molecule has 0 saturated carbocycles. The van der Waals surface area contributed by atoms with Gasteiger partial charge in [-0.3, -0.25) is 14.5 Å². The lowest BCUT2D eigenvalue weighted by atomic mass is 10.2. The largest absolute Gasteiger partial charge is 0.467 e. The number of carbonyl (C=O) groups excluding carboxylic acids is 2. The summed E-state index contributed by atoms with van der Waals surface area (Å²) in [7, 11) is 0. The van der Waals surface area contributed by atoms with Crippen LogP contribution < -0.4 is 9.80 Å². The van der Waals surface area contributed by atoms with Gasteiger partial charge in [0, 0.05) is 24.1 Å². The number of hydrogen-bond donors (Lipinski definition) is 0. The highest BCUT2D eigenvalue weighted by molar-refractivity contribution is 7.14. The smallest absolute Gasteiger partial charge is 0.251 e. The second-order valence-electron chi connectivity index (χ2n) is 7.53. The third-order valence-corrected chi connectivity index (χ3v) is 5.86. The fourth-order valence-corrected chi connectivity index (χ4v) is 4.17. The molecule has 0 aliphatic rings. The van der Waals surface area contributed by atoms with E-state index in [2.05, 4.69) is 4.98 Å². The highest BCUT2D eigenvalue weighted by Gasteiger charge is 2.21. The van der Waals surface area contributed by atoms with Crippen LogP contribution in [0.5, 0.6) is 0 Å². The Balaban J connectivity index is 1.57. The first-order chi connectivity index (χ1) is 16.4. The van der Waals surface area contributed by atoms with Crippen LogP contribution in [-0.2, 0) is 16.1 Å². The first-order valence-electron chi connectivity index (χ1n) is 10.5. The van der Waals surface area contributed by atoms with Crippen molar-refractivity contribution >= 4 is 45.7 Å². The molecule has 2 aromatic carbocycles. The van der Waals surface area contributed by atoms with Crippen LogP contribution in [0.15, 0.2) is 82.8 Å². The van der Waals surface area contributed by atoms with Gasteiger partial charge in [-0.25, -0.2) is 9.37 Å². The highest BCUT2D eigenvalue weighted by atomic mass is 32.1. The van der Waals surface area contributed by atoms with Crippen molar-refractivity contribution < 1.29 is 18.4 Å². The van der Waals surface area contributed by atoms with Gasteiger partial charge in [-0.2, -0.15) is 0 Å². The van der Waals surface area contributed by atoms with Crippen LogP contribution in [0.4, 0.5) is 20.9 Å².